The largest absolute Gasteiger partial charge is 0.480 e. The summed E-state index contributed by atoms with van der Waals surface area (Å²) < 4.78 is 25.9. The van der Waals surface area contributed by atoms with Crippen molar-refractivity contribution < 1.29 is 18.3 Å². The number of rotatable bonds is 5. The SMILES string of the molecule is C#CCN(CC(=O)O)S(=O)(=O)c1c(C)c(Cl)cc(C)c1Cl. The van der Waals surface area contributed by atoms with E-state index in [0.717, 1.165) is 0 Å². The Kier molecular flexibility index (Phi) is 5.65. The number of terminal acetylenes is 1. The number of carboxylic acid groups (broad SMARTS) is 1. The van der Waals surface area contributed by atoms with E-state index in [1.54, 1.807) is 13.0 Å². The molecule has 0 aliphatic rings. The van der Waals surface area contributed by atoms with Gasteiger partial charge in [0.2, 0.25) is 10.0 Å². The Bertz CT molecular complexity index is 696. The molecule has 0 aliphatic carbocycles. The van der Waals surface area contributed by atoms with E-state index in [1.807, 2.05) is 0 Å². The van der Waals surface area contributed by atoms with E-state index in [2.05, 4.69) is 5.92 Å². The van der Waals surface area contributed by atoms with Gasteiger partial charge >= 0.3 is 5.97 Å². The minimum atomic E-state index is -4.17. The van der Waals surface area contributed by atoms with Crippen molar-refractivity contribution in [1.82, 2.24) is 4.31 Å². The summed E-state index contributed by atoms with van der Waals surface area (Å²) in [6.07, 6.45) is 5.11. The van der Waals surface area contributed by atoms with Gasteiger partial charge in [0.05, 0.1) is 11.6 Å². The average Bonchev–Trinajstić information content (AvgIpc) is 2.35. The van der Waals surface area contributed by atoms with Gasteiger partial charge < -0.3 is 5.11 Å². The average molecular weight is 350 g/mol. The van der Waals surface area contributed by atoms with E-state index in [0.29, 0.717) is 9.87 Å². The summed E-state index contributed by atoms with van der Waals surface area (Å²) in [7, 11) is -4.17. The van der Waals surface area contributed by atoms with Gasteiger partial charge in [0.15, 0.2) is 0 Å². The number of hydrogen-bond donors (Lipinski definition) is 1. The first-order chi connectivity index (χ1) is 9.62. The van der Waals surface area contributed by atoms with Gasteiger partial charge in [0, 0.05) is 5.02 Å². The Morgan fingerprint density at radius 3 is 2.48 bits per heavy atom. The van der Waals surface area contributed by atoms with E-state index in [9.17, 15) is 13.2 Å². The zero-order chi connectivity index (χ0) is 16.4. The summed E-state index contributed by atoms with van der Waals surface area (Å²) in [5.74, 6) is 0.806. The lowest BCUT2D eigenvalue weighted by Crippen LogP contribution is -2.36. The van der Waals surface area contributed by atoms with Crippen LogP contribution in [0.4, 0.5) is 0 Å². The Labute approximate surface area is 133 Å². The summed E-state index contributed by atoms with van der Waals surface area (Å²) in [6.45, 7) is 1.97. The number of aryl methyl sites for hydroxylation is 1. The first-order valence-electron chi connectivity index (χ1n) is 5.73. The van der Waals surface area contributed by atoms with Crippen LogP contribution in [0, 0.1) is 26.2 Å². The van der Waals surface area contributed by atoms with Gasteiger partial charge in [-0.15, -0.1) is 6.42 Å². The quantitative estimate of drug-likeness (QED) is 0.827. The molecule has 0 fully saturated rings. The topological polar surface area (TPSA) is 74.7 Å². The third kappa shape index (κ3) is 3.69. The van der Waals surface area contributed by atoms with Gasteiger partial charge in [-0.3, -0.25) is 4.79 Å². The maximum atomic E-state index is 12.6. The third-order valence-corrected chi connectivity index (χ3v) is 5.72. The van der Waals surface area contributed by atoms with Crippen molar-refractivity contribution in [3.05, 3.63) is 27.2 Å². The fourth-order valence-electron chi connectivity index (χ4n) is 1.73. The number of carboxylic acids is 1. The van der Waals surface area contributed by atoms with Crippen molar-refractivity contribution in [3.8, 4) is 12.3 Å². The monoisotopic (exact) mass is 349 g/mol. The number of benzene rings is 1. The summed E-state index contributed by atoms with van der Waals surface area (Å²) >= 11 is 12.1. The van der Waals surface area contributed by atoms with Crippen molar-refractivity contribution in [1.29, 1.82) is 0 Å². The Morgan fingerprint density at radius 2 is 2.00 bits per heavy atom. The van der Waals surface area contributed by atoms with Gasteiger partial charge in [-0.25, -0.2) is 8.42 Å². The van der Waals surface area contributed by atoms with E-state index in [1.165, 1.54) is 6.92 Å². The third-order valence-electron chi connectivity index (χ3n) is 2.76. The normalized spacial score (nSPS) is 11.4. The van der Waals surface area contributed by atoms with E-state index in [4.69, 9.17) is 34.7 Å². The molecule has 0 aliphatic heterocycles. The smallest absolute Gasteiger partial charge is 0.318 e. The van der Waals surface area contributed by atoms with Crippen LogP contribution >= 0.6 is 23.2 Å². The molecule has 8 heteroatoms. The maximum Gasteiger partial charge on any atom is 0.318 e. The molecule has 5 nitrogen and oxygen atoms in total. The zero-order valence-electron chi connectivity index (χ0n) is 11.4. The molecule has 0 unspecified atom stereocenters. The lowest BCUT2D eigenvalue weighted by atomic mass is 10.2. The number of sulfonamides is 1. The highest BCUT2D eigenvalue weighted by Crippen LogP contribution is 2.35. The number of hydrogen-bond acceptors (Lipinski definition) is 3. The van der Waals surface area contributed by atoms with Gasteiger partial charge in [-0.1, -0.05) is 29.1 Å². The minimum Gasteiger partial charge on any atom is -0.480 e. The maximum absolute atomic E-state index is 12.6. The second kappa shape index (κ2) is 6.67. The molecule has 0 saturated heterocycles. The first-order valence-corrected chi connectivity index (χ1v) is 7.93. The van der Waals surface area contributed by atoms with E-state index >= 15 is 0 Å². The molecule has 0 atom stereocenters. The van der Waals surface area contributed by atoms with Crippen molar-refractivity contribution in [2.24, 2.45) is 0 Å². The zero-order valence-corrected chi connectivity index (χ0v) is 13.7. The molecule has 0 heterocycles. The molecule has 0 amide bonds. The molecule has 1 N–H and O–H groups in total. The number of aliphatic carboxylic acids is 1. The highest BCUT2D eigenvalue weighted by atomic mass is 35.5. The van der Waals surface area contributed by atoms with Crippen LogP contribution < -0.4 is 0 Å². The molecule has 1 aromatic carbocycles. The molecule has 21 heavy (non-hydrogen) atoms. The van der Waals surface area contributed by atoms with E-state index < -0.39 is 22.5 Å². The van der Waals surface area contributed by atoms with Gasteiger partial charge in [0.25, 0.3) is 0 Å². The van der Waals surface area contributed by atoms with Crippen molar-refractivity contribution in [3.63, 3.8) is 0 Å². The molecule has 114 valence electrons. The predicted molar refractivity (Wildman–Crippen MR) is 81.2 cm³/mol. The second-order valence-electron chi connectivity index (χ2n) is 4.31. The van der Waals surface area contributed by atoms with Crippen LogP contribution in [0.15, 0.2) is 11.0 Å². The highest BCUT2D eigenvalue weighted by Gasteiger charge is 2.31. The summed E-state index contributed by atoms with van der Waals surface area (Å²) in [6, 6.07) is 1.54. The molecule has 0 bridgehead atoms. The molecular weight excluding hydrogens is 337 g/mol. The molecule has 0 spiro atoms. The van der Waals surface area contributed by atoms with Crippen LogP contribution in [-0.2, 0) is 14.8 Å². The minimum absolute atomic E-state index is 0.00399. The van der Waals surface area contributed by atoms with Crippen LogP contribution in [0.3, 0.4) is 0 Å². The summed E-state index contributed by atoms with van der Waals surface area (Å²) in [4.78, 5) is 10.6. The van der Waals surface area contributed by atoms with Crippen molar-refractivity contribution >= 4 is 39.2 Å². The summed E-state index contributed by atoms with van der Waals surface area (Å²) in [5.41, 5.74) is 0.724. The predicted octanol–water partition coefficient (Wildman–Crippen LogP) is 2.32. The lowest BCUT2D eigenvalue weighted by molar-refractivity contribution is -0.137. The fraction of sp³-hybridized carbons (Fsp3) is 0.308. The van der Waals surface area contributed by atoms with Crippen LogP contribution in [0.1, 0.15) is 11.1 Å². The number of carbonyl (C=O) groups is 1. The number of halogens is 2. The van der Waals surface area contributed by atoms with Gasteiger partial charge in [-0.05, 0) is 31.0 Å². The fourth-order valence-corrected chi connectivity index (χ4v) is 4.20. The molecule has 0 saturated carbocycles. The van der Waals surface area contributed by atoms with Gasteiger partial charge in [-0.2, -0.15) is 4.31 Å². The molecule has 1 aromatic rings. The Balaban J connectivity index is 3.56. The molecular formula is C13H13Cl2NO4S. The van der Waals surface area contributed by atoms with Crippen LogP contribution in [0.25, 0.3) is 0 Å². The molecule has 1 rings (SSSR count). The Hall–Kier alpha value is -1.26. The van der Waals surface area contributed by atoms with Gasteiger partial charge in [0.1, 0.15) is 11.4 Å². The first kappa shape index (κ1) is 17.8. The lowest BCUT2D eigenvalue weighted by Gasteiger charge is -2.21. The summed E-state index contributed by atoms with van der Waals surface area (Å²) in [5, 5.41) is 9.07. The highest BCUT2D eigenvalue weighted by molar-refractivity contribution is 7.89. The van der Waals surface area contributed by atoms with Crippen LogP contribution in [0.5, 0.6) is 0 Å². The second-order valence-corrected chi connectivity index (χ2v) is 6.97. The molecule has 0 aromatic heterocycles. The van der Waals surface area contributed by atoms with Crippen LogP contribution in [-0.4, -0.2) is 36.9 Å². The standard InChI is InChI=1S/C13H13Cl2NO4S/c1-4-5-16(7-11(17)18)21(19,20)13-9(3)10(14)6-8(2)12(13)15/h1,6H,5,7H2,2-3H3,(H,17,18). The molecule has 0 radical (unpaired) electrons. The van der Waals surface area contributed by atoms with Crippen molar-refractivity contribution in [2.45, 2.75) is 18.7 Å². The van der Waals surface area contributed by atoms with Crippen LogP contribution in [0.2, 0.25) is 10.0 Å². The Morgan fingerprint density at radius 1 is 1.43 bits per heavy atom. The van der Waals surface area contributed by atoms with E-state index in [-0.39, 0.29) is 27.0 Å². The number of nitrogens with zero attached hydrogens (tertiary/aromatic N) is 1. The van der Waals surface area contributed by atoms with Crippen molar-refractivity contribution in [2.75, 3.05) is 13.1 Å².